The van der Waals surface area contributed by atoms with Crippen molar-refractivity contribution in [1.82, 2.24) is 0 Å². The van der Waals surface area contributed by atoms with Crippen molar-refractivity contribution in [1.29, 1.82) is 0 Å². The molecule has 2 rings (SSSR count). The van der Waals surface area contributed by atoms with Gasteiger partial charge in [0.25, 0.3) is 0 Å². The third-order valence-electron chi connectivity index (χ3n) is 2.76. The highest BCUT2D eigenvalue weighted by atomic mass is 32.2. The summed E-state index contributed by atoms with van der Waals surface area (Å²) in [5.41, 5.74) is 9.57. The zero-order chi connectivity index (χ0) is 12.3. The third kappa shape index (κ3) is 2.90. The van der Waals surface area contributed by atoms with E-state index in [1.807, 2.05) is 0 Å². The van der Waals surface area contributed by atoms with Crippen LogP contribution in [-0.4, -0.2) is 0 Å². The maximum atomic E-state index is 5.78. The molecule has 0 fully saturated rings. The van der Waals surface area contributed by atoms with Crippen LogP contribution in [0.4, 0.5) is 0 Å². The highest BCUT2D eigenvalue weighted by Crippen LogP contribution is 2.32. The Kier molecular flexibility index (Phi) is 3.87. The smallest absolute Gasteiger partial charge is 0.0189 e. The second kappa shape index (κ2) is 5.39. The van der Waals surface area contributed by atoms with Gasteiger partial charge in [-0.25, -0.2) is 0 Å². The van der Waals surface area contributed by atoms with Crippen molar-refractivity contribution >= 4 is 11.8 Å². The van der Waals surface area contributed by atoms with Crippen molar-refractivity contribution in [2.45, 2.75) is 30.2 Å². The Bertz CT molecular complexity index is 520. The number of hydrogen-bond acceptors (Lipinski definition) is 2. The van der Waals surface area contributed by atoms with Crippen molar-refractivity contribution in [2.75, 3.05) is 0 Å². The molecule has 0 aliphatic heterocycles. The van der Waals surface area contributed by atoms with Crippen LogP contribution in [0.3, 0.4) is 0 Å². The standard InChI is InChI=1S/C15H17NS/c1-11-7-8-13(10-16)15(9-11)17-14-6-4-3-5-12(14)2/h3-9H,10,16H2,1-2H3. The van der Waals surface area contributed by atoms with Gasteiger partial charge >= 0.3 is 0 Å². The maximum Gasteiger partial charge on any atom is 0.0189 e. The van der Waals surface area contributed by atoms with E-state index in [1.165, 1.54) is 26.5 Å². The Morgan fingerprint density at radius 3 is 2.47 bits per heavy atom. The van der Waals surface area contributed by atoms with Crippen LogP contribution in [0.25, 0.3) is 0 Å². The normalized spacial score (nSPS) is 10.5. The lowest BCUT2D eigenvalue weighted by atomic mass is 10.1. The molecule has 2 N–H and O–H groups in total. The molecule has 0 aromatic heterocycles. The Morgan fingerprint density at radius 1 is 1.00 bits per heavy atom. The van der Waals surface area contributed by atoms with E-state index < -0.39 is 0 Å². The molecule has 0 aliphatic carbocycles. The van der Waals surface area contributed by atoms with Crippen molar-refractivity contribution in [3.05, 3.63) is 59.2 Å². The molecule has 0 bridgehead atoms. The third-order valence-corrected chi connectivity index (χ3v) is 4.03. The molecule has 0 atom stereocenters. The van der Waals surface area contributed by atoms with E-state index in [1.54, 1.807) is 11.8 Å². The molecule has 0 unspecified atom stereocenters. The Balaban J connectivity index is 2.35. The highest BCUT2D eigenvalue weighted by Gasteiger charge is 2.05. The predicted octanol–water partition coefficient (Wildman–Crippen LogP) is 3.91. The second-order valence-corrected chi connectivity index (χ2v) is 5.27. The predicted molar refractivity (Wildman–Crippen MR) is 74.4 cm³/mol. The van der Waals surface area contributed by atoms with Gasteiger partial charge in [0.15, 0.2) is 0 Å². The summed E-state index contributed by atoms with van der Waals surface area (Å²) in [6, 6.07) is 14.9. The lowest BCUT2D eigenvalue weighted by Gasteiger charge is -2.10. The molecule has 88 valence electrons. The van der Waals surface area contributed by atoms with Gasteiger partial charge in [0, 0.05) is 16.3 Å². The Morgan fingerprint density at radius 2 is 1.76 bits per heavy atom. The van der Waals surface area contributed by atoms with Gasteiger partial charge in [0.1, 0.15) is 0 Å². The van der Waals surface area contributed by atoms with Crippen molar-refractivity contribution in [2.24, 2.45) is 5.73 Å². The molecule has 0 aliphatic rings. The minimum absolute atomic E-state index is 0.592. The van der Waals surface area contributed by atoms with Crippen LogP contribution in [-0.2, 0) is 6.54 Å². The molecule has 0 saturated carbocycles. The van der Waals surface area contributed by atoms with E-state index in [0.717, 1.165) is 0 Å². The lowest BCUT2D eigenvalue weighted by molar-refractivity contribution is 1.02. The molecule has 0 spiro atoms. The van der Waals surface area contributed by atoms with Crippen LogP contribution in [0.15, 0.2) is 52.3 Å². The fourth-order valence-electron chi connectivity index (χ4n) is 1.71. The Hall–Kier alpha value is -1.25. The summed E-state index contributed by atoms with van der Waals surface area (Å²) >= 11 is 1.80. The quantitative estimate of drug-likeness (QED) is 0.884. The largest absolute Gasteiger partial charge is 0.326 e. The summed E-state index contributed by atoms with van der Waals surface area (Å²) in [6.45, 7) is 4.84. The summed E-state index contributed by atoms with van der Waals surface area (Å²) in [4.78, 5) is 2.56. The SMILES string of the molecule is Cc1ccc(CN)c(Sc2ccccc2C)c1. The molecule has 2 aromatic carbocycles. The average Bonchev–Trinajstić information content (AvgIpc) is 2.32. The summed E-state index contributed by atoms with van der Waals surface area (Å²) < 4.78 is 0. The summed E-state index contributed by atoms with van der Waals surface area (Å²) in [7, 11) is 0. The lowest BCUT2D eigenvalue weighted by Crippen LogP contribution is -1.98. The first-order chi connectivity index (χ1) is 8.20. The van der Waals surface area contributed by atoms with Gasteiger partial charge in [-0.15, -0.1) is 0 Å². The van der Waals surface area contributed by atoms with Crippen LogP contribution < -0.4 is 5.73 Å². The van der Waals surface area contributed by atoms with E-state index >= 15 is 0 Å². The molecular weight excluding hydrogens is 226 g/mol. The first-order valence-electron chi connectivity index (χ1n) is 5.74. The van der Waals surface area contributed by atoms with Gasteiger partial charge in [-0.2, -0.15) is 0 Å². The molecular formula is C15H17NS. The number of benzene rings is 2. The minimum Gasteiger partial charge on any atom is -0.326 e. The molecule has 0 amide bonds. The van der Waals surface area contributed by atoms with Crippen molar-refractivity contribution in [3.8, 4) is 0 Å². The van der Waals surface area contributed by atoms with Crippen molar-refractivity contribution < 1.29 is 0 Å². The van der Waals surface area contributed by atoms with Crippen LogP contribution in [0, 0.1) is 13.8 Å². The number of hydrogen-bond donors (Lipinski definition) is 1. The van der Waals surface area contributed by atoms with Crippen LogP contribution in [0.5, 0.6) is 0 Å². The topological polar surface area (TPSA) is 26.0 Å². The fraction of sp³-hybridized carbons (Fsp3) is 0.200. The van der Waals surface area contributed by atoms with Crippen molar-refractivity contribution in [3.63, 3.8) is 0 Å². The monoisotopic (exact) mass is 243 g/mol. The number of aryl methyl sites for hydroxylation is 2. The molecule has 2 heteroatoms. The molecule has 17 heavy (non-hydrogen) atoms. The van der Waals surface area contributed by atoms with E-state index in [4.69, 9.17) is 5.73 Å². The number of rotatable bonds is 3. The van der Waals surface area contributed by atoms with Gasteiger partial charge in [0.2, 0.25) is 0 Å². The van der Waals surface area contributed by atoms with Gasteiger partial charge < -0.3 is 5.73 Å². The average molecular weight is 243 g/mol. The van der Waals surface area contributed by atoms with Gasteiger partial charge in [0.05, 0.1) is 0 Å². The van der Waals surface area contributed by atoms with Gasteiger partial charge in [-0.3, -0.25) is 0 Å². The molecule has 0 saturated heterocycles. The first-order valence-corrected chi connectivity index (χ1v) is 6.55. The number of nitrogens with two attached hydrogens (primary N) is 1. The molecule has 0 radical (unpaired) electrons. The fourth-order valence-corrected chi connectivity index (χ4v) is 2.85. The molecule has 2 aromatic rings. The minimum atomic E-state index is 0.592. The van der Waals surface area contributed by atoms with E-state index in [9.17, 15) is 0 Å². The zero-order valence-corrected chi connectivity index (χ0v) is 11.1. The van der Waals surface area contributed by atoms with Gasteiger partial charge in [-0.1, -0.05) is 42.1 Å². The molecule has 0 heterocycles. The highest BCUT2D eigenvalue weighted by molar-refractivity contribution is 7.99. The second-order valence-electron chi connectivity index (χ2n) is 4.18. The van der Waals surface area contributed by atoms with Crippen LogP contribution >= 0.6 is 11.8 Å². The van der Waals surface area contributed by atoms with E-state index in [-0.39, 0.29) is 0 Å². The first kappa shape index (κ1) is 12.2. The Labute approximate surface area is 107 Å². The van der Waals surface area contributed by atoms with Crippen LogP contribution in [0.1, 0.15) is 16.7 Å². The van der Waals surface area contributed by atoms with E-state index in [2.05, 4.69) is 56.3 Å². The van der Waals surface area contributed by atoms with Gasteiger partial charge in [-0.05, 0) is 42.7 Å². The zero-order valence-electron chi connectivity index (χ0n) is 10.2. The van der Waals surface area contributed by atoms with E-state index in [0.29, 0.717) is 6.54 Å². The summed E-state index contributed by atoms with van der Waals surface area (Å²) in [5, 5.41) is 0. The summed E-state index contributed by atoms with van der Waals surface area (Å²) in [6.07, 6.45) is 0. The molecule has 1 nitrogen and oxygen atoms in total. The maximum absolute atomic E-state index is 5.78. The van der Waals surface area contributed by atoms with Crippen LogP contribution in [0.2, 0.25) is 0 Å². The summed E-state index contributed by atoms with van der Waals surface area (Å²) in [5.74, 6) is 0.